The van der Waals surface area contributed by atoms with Crippen molar-refractivity contribution in [3.05, 3.63) is 83.9 Å². The molecule has 0 saturated carbocycles. The average Bonchev–Trinajstić information content (AvgIpc) is 2.88. The van der Waals surface area contributed by atoms with Crippen molar-refractivity contribution in [3.8, 4) is 5.75 Å². The van der Waals surface area contributed by atoms with Gasteiger partial charge in [0.1, 0.15) is 5.75 Å². The fourth-order valence-electron chi connectivity index (χ4n) is 3.21. The van der Waals surface area contributed by atoms with Gasteiger partial charge in [-0.2, -0.15) is 0 Å². The summed E-state index contributed by atoms with van der Waals surface area (Å²) in [6.45, 7) is 4.00. The van der Waals surface area contributed by atoms with Gasteiger partial charge < -0.3 is 20.1 Å². The third-order valence-corrected chi connectivity index (χ3v) is 6.41. The van der Waals surface area contributed by atoms with Crippen LogP contribution in [0.25, 0.3) is 0 Å². The molecule has 182 valence electrons. The number of amides is 2. The number of nitrogens with one attached hydrogen (secondary N) is 2. The topological polar surface area (TPSA) is 93.7 Å². The van der Waals surface area contributed by atoms with Crippen molar-refractivity contribution in [1.82, 2.24) is 0 Å². The highest BCUT2D eigenvalue weighted by Gasteiger charge is 2.19. The van der Waals surface area contributed by atoms with Gasteiger partial charge in [0.05, 0.1) is 24.5 Å². The van der Waals surface area contributed by atoms with Crippen LogP contribution in [-0.4, -0.2) is 36.8 Å². The maximum atomic E-state index is 12.9. The Bertz CT molecular complexity index is 1160. The molecule has 3 rings (SSSR count). The Morgan fingerprint density at radius 2 is 1.54 bits per heavy atom. The summed E-state index contributed by atoms with van der Waals surface area (Å²) in [7, 11) is 1.57. The van der Waals surface area contributed by atoms with Gasteiger partial charge in [-0.05, 0) is 80.1 Å². The van der Waals surface area contributed by atoms with E-state index < -0.39 is 5.97 Å². The third kappa shape index (κ3) is 7.35. The van der Waals surface area contributed by atoms with Crippen molar-refractivity contribution in [2.45, 2.75) is 30.4 Å². The molecule has 0 bridgehead atoms. The highest BCUT2D eigenvalue weighted by molar-refractivity contribution is 8.00. The summed E-state index contributed by atoms with van der Waals surface area (Å²) in [5, 5.41) is 5.44. The lowest BCUT2D eigenvalue weighted by atomic mass is 10.2. The van der Waals surface area contributed by atoms with Crippen LogP contribution in [0.15, 0.2) is 77.7 Å². The largest absolute Gasteiger partial charge is 0.497 e. The Morgan fingerprint density at radius 1 is 0.857 bits per heavy atom. The Balaban J connectivity index is 1.61. The standard InChI is InChI=1S/C27H28N2O5S/c1-4-24(26(31)28-20-13-9-19(10-14-20)27(32)34-5-2)35-23-8-6-7-21(17-23)29-25(30)18-11-15-22(33-3)16-12-18/h6-17,24H,4-5H2,1-3H3,(H,28,31)(H,29,30). The maximum Gasteiger partial charge on any atom is 0.338 e. The lowest BCUT2D eigenvalue weighted by Crippen LogP contribution is -2.24. The van der Waals surface area contributed by atoms with Crippen LogP contribution in [0.1, 0.15) is 41.0 Å². The molecule has 0 fully saturated rings. The second-order valence-corrected chi connectivity index (χ2v) is 8.79. The SMILES string of the molecule is CCOC(=O)c1ccc(NC(=O)C(CC)Sc2cccc(NC(=O)c3ccc(OC)cc3)c2)cc1. The van der Waals surface area contributed by atoms with Crippen LogP contribution in [0.3, 0.4) is 0 Å². The van der Waals surface area contributed by atoms with Crippen molar-refractivity contribution in [2.24, 2.45) is 0 Å². The van der Waals surface area contributed by atoms with Crippen molar-refractivity contribution >= 4 is 40.9 Å². The number of hydrogen-bond donors (Lipinski definition) is 2. The first-order chi connectivity index (χ1) is 16.9. The predicted molar refractivity (Wildman–Crippen MR) is 138 cm³/mol. The lowest BCUT2D eigenvalue weighted by molar-refractivity contribution is -0.115. The molecule has 8 heteroatoms. The molecular weight excluding hydrogens is 464 g/mol. The number of methoxy groups -OCH3 is 1. The summed E-state index contributed by atoms with van der Waals surface area (Å²) in [5.41, 5.74) is 2.19. The van der Waals surface area contributed by atoms with E-state index >= 15 is 0 Å². The number of rotatable bonds is 10. The molecule has 0 aromatic heterocycles. The number of hydrogen-bond acceptors (Lipinski definition) is 6. The number of esters is 1. The van der Waals surface area contributed by atoms with Crippen molar-refractivity contribution < 1.29 is 23.9 Å². The summed E-state index contributed by atoms with van der Waals surface area (Å²) >= 11 is 1.42. The number of ether oxygens (including phenoxy) is 2. The second-order valence-electron chi connectivity index (χ2n) is 7.51. The van der Waals surface area contributed by atoms with E-state index in [4.69, 9.17) is 9.47 Å². The van der Waals surface area contributed by atoms with Crippen LogP contribution in [-0.2, 0) is 9.53 Å². The van der Waals surface area contributed by atoms with E-state index in [9.17, 15) is 14.4 Å². The Morgan fingerprint density at radius 3 is 2.17 bits per heavy atom. The van der Waals surface area contributed by atoms with Crippen LogP contribution in [0.4, 0.5) is 11.4 Å². The molecular formula is C27H28N2O5S. The first-order valence-electron chi connectivity index (χ1n) is 11.2. The first-order valence-corrected chi connectivity index (χ1v) is 12.1. The molecule has 0 aliphatic carbocycles. The maximum absolute atomic E-state index is 12.9. The molecule has 0 heterocycles. The highest BCUT2D eigenvalue weighted by Crippen LogP contribution is 2.29. The molecule has 7 nitrogen and oxygen atoms in total. The van der Waals surface area contributed by atoms with Gasteiger partial charge in [0.25, 0.3) is 5.91 Å². The molecule has 3 aromatic rings. The molecule has 35 heavy (non-hydrogen) atoms. The van der Waals surface area contributed by atoms with Gasteiger partial charge in [-0.25, -0.2) is 4.79 Å². The highest BCUT2D eigenvalue weighted by atomic mass is 32.2. The summed E-state index contributed by atoms with van der Waals surface area (Å²) in [4.78, 5) is 38.1. The summed E-state index contributed by atoms with van der Waals surface area (Å²) < 4.78 is 10.1. The predicted octanol–water partition coefficient (Wildman–Crippen LogP) is 5.63. The minimum atomic E-state index is -0.397. The lowest BCUT2D eigenvalue weighted by Gasteiger charge is -2.16. The normalized spacial score (nSPS) is 11.3. The van der Waals surface area contributed by atoms with Gasteiger partial charge in [-0.15, -0.1) is 11.8 Å². The smallest absolute Gasteiger partial charge is 0.338 e. The monoisotopic (exact) mass is 492 g/mol. The van der Waals surface area contributed by atoms with E-state index in [0.29, 0.717) is 41.3 Å². The van der Waals surface area contributed by atoms with Crippen molar-refractivity contribution in [1.29, 1.82) is 0 Å². The van der Waals surface area contributed by atoms with Crippen molar-refractivity contribution in [3.63, 3.8) is 0 Å². The number of carbonyl (C=O) groups is 3. The van der Waals surface area contributed by atoms with Crippen LogP contribution < -0.4 is 15.4 Å². The van der Waals surface area contributed by atoms with Gasteiger partial charge in [-0.1, -0.05) is 13.0 Å². The Labute approximate surface area is 209 Å². The molecule has 0 spiro atoms. The number of carbonyl (C=O) groups excluding carboxylic acids is 3. The molecule has 1 unspecified atom stereocenters. The van der Waals surface area contributed by atoms with E-state index in [-0.39, 0.29) is 17.1 Å². The van der Waals surface area contributed by atoms with E-state index in [1.807, 2.05) is 25.1 Å². The minimum Gasteiger partial charge on any atom is -0.497 e. The zero-order valence-corrected chi connectivity index (χ0v) is 20.7. The van der Waals surface area contributed by atoms with E-state index in [2.05, 4.69) is 10.6 Å². The van der Waals surface area contributed by atoms with Crippen LogP contribution in [0.2, 0.25) is 0 Å². The fourth-order valence-corrected chi connectivity index (χ4v) is 4.22. The van der Waals surface area contributed by atoms with Gasteiger partial charge in [-0.3, -0.25) is 9.59 Å². The van der Waals surface area contributed by atoms with Gasteiger partial charge in [0.15, 0.2) is 0 Å². The van der Waals surface area contributed by atoms with E-state index in [1.165, 1.54) is 11.8 Å². The molecule has 0 radical (unpaired) electrons. The molecule has 1 atom stereocenters. The zero-order valence-electron chi connectivity index (χ0n) is 19.9. The fraction of sp³-hybridized carbons (Fsp3) is 0.222. The van der Waals surface area contributed by atoms with Crippen LogP contribution in [0.5, 0.6) is 5.75 Å². The first kappa shape index (κ1) is 25.8. The molecule has 2 N–H and O–H groups in total. The van der Waals surface area contributed by atoms with Crippen LogP contribution >= 0.6 is 11.8 Å². The van der Waals surface area contributed by atoms with E-state index in [1.54, 1.807) is 68.6 Å². The summed E-state index contributed by atoms with van der Waals surface area (Å²) in [6.07, 6.45) is 0.611. The molecule has 0 aliphatic heterocycles. The number of anilines is 2. The Kier molecular flexibility index (Phi) is 9.31. The average molecular weight is 493 g/mol. The molecule has 0 saturated heterocycles. The Hall–Kier alpha value is -3.78. The van der Waals surface area contributed by atoms with Gasteiger partial charge >= 0.3 is 5.97 Å². The molecule has 3 aromatic carbocycles. The van der Waals surface area contributed by atoms with Gasteiger partial charge in [0.2, 0.25) is 5.91 Å². The van der Waals surface area contributed by atoms with E-state index in [0.717, 1.165) is 4.90 Å². The van der Waals surface area contributed by atoms with Crippen molar-refractivity contribution in [2.75, 3.05) is 24.4 Å². The van der Waals surface area contributed by atoms with Crippen LogP contribution in [0, 0.1) is 0 Å². The molecule has 2 amide bonds. The quantitative estimate of drug-likeness (QED) is 0.281. The summed E-state index contributed by atoms with van der Waals surface area (Å²) in [6, 6.07) is 20.8. The third-order valence-electron chi connectivity index (χ3n) is 5.05. The van der Waals surface area contributed by atoms with Gasteiger partial charge in [0, 0.05) is 21.8 Å². The molecule has 0 aliphatic rings. The number of benzene rings is 3. The summed E-state index contributed by atoms with van der Waals surface area (Å²) in [5.74, 6) is -0.0926. The second kappa shape index (κ2) is 12.6. The number of thioether (sulfide) groups is 1. The zero-order chi connectivity index (χ0) is 25.2. The minimum absolute atomic E-state index is 0.144.